The summed E-state index contributed by atoms with van der Waals surface area (Å²) in [6.07, 6.45) is -4.51. The molecule has 0 aliphatic heterocycles. The van der Waals surface area contributed by atoms with Crippen molar-refractivity contribution in [1.29, 1.82) is 0 Å². The first kappa shape index (κ1) is 18.3. The molecule has 1 nitrogen and oxygen atoms in total. The normalized spacial score (nSPS) is 11.9. The molecule has 0 spiro atoms. The number of rotatable bonds is 3. The zero-order valence-corrected chi connectivity index (χ0v) is 12.8. The average Bonchev–Trinajstić information content (AvgIpc) is 2.11. The number of hydrogen-bond donors (Lipinski definition) is 0. The molecule has 0 amide bonds. The zero-order chi connectivity index (χ0) is 13.3. The van der Waals surface area contributed by atoms with Crippen LogP contribution in [-0.4, -0.2) is 19.8 Å². The summed E-state index contributed by atoms with van der Waals surface area (Å²) < 4.78 is 77.0. The zero-order valence-electron chi connectivity index (χ0n) is 9.69. The molecule has 0 aliphatic rings. The van der Waals surface area contributed by atoms with Crippen molar-refractivity contribution in [2.45, 2.75) is 13.1 Å². The Morgan fingerprint density at radius 3 is 2.11 bits per heavy atom. The molecule has 9 heteroatoms. The minimum Gasteiger partial charge on any atom is -0.484 e. The molecule has 0 bridgehead atoms. The number of hydrogen-bond acceptors (Lipinski definition) is 1. The fraction of sp³-hybridized carbons (Fsp3) is 0.333. The van der Waals surface area contributed by atoms with Crippen LogP contribution in [0, 0.1) is 6.92 Å². The fourth-order valence-corrected chi connectivity index (χ4v) is 1.27. The summed E-state index contributed by atoms with van der Waals surface area (Å²) in [6, 6.07) is 2.54. The first-order chi connectivity index (χ1) is 7.59. The third-order valence-corrected chi connectivity index (χ3v) is 2.00. The molecule has 1 aromatic rings. The van der Waals surface area contributed by atoms with Gasteiger partial charge < -0.3 is 17.7 Å². The van der Waals surface area contributed by atoms with E-state index in [2.05, 4.69) is 4.74 Å². The van der Waals surface area contributed by atoms with E-state index in [1.54, 1.807) is 0 Å². The predicted molar refractivity (Wildman–Crippen MR) is 51.4 cm³/mol. The van der Waals surface area contributed by atoms with Gasteiger partial charge in [0.2, 0.25) is 0 Å². The van der Waals surface area contributed by atoms with E-state index in [-0.39, 0.29) is 62.7 Å². The molecule has 0 saturated carbocycles. The number of benzene rings is 1. The molecular formula is C9H8BF6KO. The standard InChI is InChI=1S/C9H8BF6O.K/c1-6-4-7(17-5-9(11,12)13)2-3-8(6)10(14,15)16;/h2-4H,5H2,1H3;/q-1;+1. The van der Waals surface area contributed by atoms with Crippen molar-refractivity contribution in [3.63, 3.8) is 0 Å². The fourth-order valence-electron chi connectivity index (χ4n) is 1.27. The van der Waals surface area contributed by atoms with Crippen LogP contribution in [0.25, 0.3) is 0 Å². The van der Waals surface area contributed by atoms with Gasteiger partial charge in [0.1, 0.15) is 5.75 Å². The molecule has 0 atom stereocenters. The molecule has 1 rings (SSSR count). The summed E-state index contributed by atoms with van der Waals surface area (Å²) in [4.78, 5) is 0. The molecule has 0 heterocycles. The number of alkyl halides is 3. The van der Waals surface area contributed by atoms with Crippen molar-refractivity contribution < 1.29 is 82.2 Å². The van der Waals surface area contributed by atoms with Crippen molar-refractivity contribution in [2.24, 2.45) is 0 Å². The van der Waals surface area contributed by atoms with E-state index in [0.717, 1.165) is 18.2 Å². The topological polar surface area (TPSA) is 9.23 Å². The van der Waals surface area contributed by atoms with E-state index in [9.17, 15) is 26.1 Å². The second-order valence-corrected chi connectivity index (χ2v) is 3.50. The van der Waals surface area contributed by atoms with Gasteiger partial charge in [-0.05, 0) is 19.1 Å². The molecule has 18 heavy (non-hydrogen) atoms. The first-order valence-corrected chi connectivity index (χ1v) is 4.59. The Labute approximate surface area is 142 Å². The Balaban J connectivity index is 0.00000289. The Morgan fingerprint density at radius 1 is 1.17 bits per heavy atom. The van der Waals surface area contributed by atoms with Crippen LogP contribution in [-0.2, 0) is 0 Å². The first-order valence-electron chi connectivity index (χ1n) is 4.59. The van der Waals surface area contributed by atoms with Gasteiger partial charge in [0.15, 0.2) is 6.61 Å². The van der Waals surface area contributed by atoms with Gasteiger partial charge in [0.25, 0.3) is 0 Å². The molecule has 0 radical (unpaired) electrons. The van der Waals surface area contributed by atoms with Crippen molar-refractivity contribution in [3.05, 3.63) is 23.8 Å². The van der Waals surface area contributed by atoms with Gasteiger partial charge >= 0.3 is 64.5 Å². The van der Waals surface area contributed by atoms with Crippen LogP contribution in [0.1, 0.15) is 5.56 Å². The summed E-state index contributed by atoms with van der Waals surface area (Å²) >= 11 is 0. The van der Waals surface area contributed by atoms with Gasteiger partial charge in [0.05, 0.1) is 0 Å². The second-order valence-electron chi connectivity index (χ2n) is 3.50. The molecule has 0 saturated heterocycles. The monoisotopic (exact) mass is 296 g/mol. The van der Waals surface area contributed by atoms with Crippen LogP contribution < -0.4 is 61.6 Å². The van der Waals surface area contributed by atoms with E-state index in [1.165, 1.54) is 6.92 Å². The van der Waals surface area contributed by atoms with E-state index in [1.807, 2.05) is 0 Å². The van der Waals surface area contributed by atoms with Gasteiger partial charge in [-0.15, -0.1) is 5.46 Å². The van der Waals surface area contributed by atoms with Crippen molar-refractivity contribution in [1.82, 2.24) is 0 Å². The minimum absolute atomic E-state index is 0. The maximum atomic E-state index is 12.4. The quantitative estimate of drug-likeness (QED) is 0.563. The Kier molecular flexibility index (Phi) is 6.76. The molecule has 0 aliphatic carbocycles. The molecule has 0 fully saturated rings. The van der Waals surface area contributed by atoms with E-state index in [0.29, 0.717) is 0 Å². The summed E-state index contributed by atoms with van der Waals surface area (Å²) in [6.45, 7) is -5.51. The van der Waals surface area contributed by atoms with Crippen LogP contribution in [0.5, 0.6) is 5.75 Å². The molecule has 96 valence electrons. The molecule has 1 aromatic carbocycles. The van der Waals surface area contributed by atoms with Gasteiger partial charge in [-0.1, -0.05) is 11.6 Å². The van der Waals surface area contributed by atoms with E-state index >= 15 is 0 Å². The Morgan fingerprint density at radius 2 is 1.72 bits per heavy atom. The van der Waals surface area contributed by atoms with Crippen molar-refractivity contribution in [3.8, 4) is 5.75 Å². The molecule has 0 aromatic heterocycles. The molecule has 0 unspecified atom stereocenters. The van der Waals surface area contributed by atoms with Crippen LogP contribution in [0.3, 0.4) is 0 Å². The van der Waals surface area contributed by atoms with Crippen molar-refractivity contribution >= 4 is 12.4 Å². The molecule has 0 N–H and O–H groups in total. The summed E-state index contributed by atoms with van der Waals surface area (Å²) in [5.41, 5.74) is -0.985. The van der Waals surface area contributed by atoms with Crippen LogP contribution in [0.15, 0.2) is 18.2 Å². The van der Waals surface area contributed by atoms with Gasteiger partial charge in [0, 0.05) is 0 Å². The number of aryl methyl sites for hydroxylation is 1. The van der Waals surface area contributed by atoms with Gasteiger partial charge in [-0.25, -0.2) is 0 Å². The van der Waals surface area contributed by atoms with Gasteiger partial charge in [-0.3, -0.25) is 0 Å². The third kappa shape index (κ3) is 5.96. The number of halogens is 6. The summed E-state index contributed by atoms with van der Waals surface area (Å²) in [7, 11) is 0. The van der Waals surface area contributed by atoms with E-state index < -0.39 is 25.2 Å². The minimum atomic E-state index is -5.16. The SMILES string of the molecule is Cc1cc(OCC(F)(F)F)ccc1[B-](F)(F)F.[K+]. The Hall–Kier alpha value is 0.301. The van der Waals surface area contributed by atoms with Crippen LogP contribution in [0.2, 0.25) is 0 Å². The van der Waals surface area contributed by atoms with E-state index in [4.69, 9.17) is 0 Å². The van der Waals surface area contributed by atoms with Gasteiger partial charge in [-0.2, -0.15) is 13.2 Å². The smallest absolute Gasteiger partial charge is 0.484 e. The van der Waals surface area contributed by atoms with Crippen molar-refractivity contribution in [2.75, 3.05) is 6.61 Å². The Bertz CT molecular complexity index is 403. The second kappa shape index (κ2) is 6.65. The summed E-state index contributed by atoms with van der Waals surface area (Å²) in [5.74, 6) is -0.233. The predicted octanol–water partition coefficient (Wildman–Crippen LogP) is -0.00548. The van der Waals surface area contributed by atoms with Crippen LogP contribution >= 0.6 is 0 Å². The largest absolute Gasteiger partial charge is 1.00 e. The maximum absolute atomic E-state index is 12.4. The average molecular weight is 296 g/mol. The maximum Gasteiger partial charge on any atom is 1.00 e. The third-order valence-electron chi connectivity index (χ3n) is 2.00. The molecular weight excluding hydrogens is 288 g/mol. The number of ether oxygens (including phenoxy) is 1. The van der Waals surface area contributed by atoms with Crippen LogP contribution in [0.4, 0.5) is 26.1 Å². The summed E-state index contributed by atoms with van der Waals surface area (Å²) in [5, 5.41) is 0.